The summed E-state index contributed by atoms with van der Waals surface area (Å²) in [6.45, 7) is 4.20. The van der Waals surface area contributed by atoms with E-state index in [-0.39, 0.29) is 24.0 Å². The minimum Gasteiger partial charge on any atom is -0.493 e. The van der Waals surface area contributed by atoms with E-state index in [9.17, 15) is 0 Å². The van der Waals surface area contributed by atoms with E-state index in [0.29, 0.717) is 18.0 Å². The molecule has 2 aromatic rings. The molecule has 27 heavy (non-hydrogen) atoms. The van der Waals surface area contributed by atoms with Crippen LogP contribution >= 0.6 is 35.6 Å². The van der Waals surface area contributed by atoms with Crippen molar-refractivity contribution in [1.82, 2.24) is 10.6 Å². The highest BCUT2D eigenvalue weighted by Gasteiger charge is 2.05. The van der Waals surface area contributed by atoms with Crippen LogP contribution in [-0.4, -0.2) is 33.3 Å². The van der Waals surface area contributed by atoms with Crippen molar-refractivity contribution in [2.24, 2.45) is 4.99 Å². The van der Waals surface area contributed by atoms with Gasteiger partial charge in [-0.2, -0.15) is 0 Å². The second-order valence-corrected chi connectivity index (χ2v) is 6.12. The number of rotatable bonds is 8. The van der Waals surface area contributed by atoms with Crippen molar-refractivity contribution < 1.29 is 9.47 Å². The quantitative estimate of drug-likeness (QED) is 0.321. The van der Waals surface area contributed by atoms with Crippen molar-refractivity contribution in [3.05, 3.63) is 58.6 Å². The third-order valence-corrected chi connectivity index (χ3v) is 4.08. The van der Waals surface area contributed by atoms with Crippen LogP contribution in [0.25, 0.3) is 0 Å². The maximum atomic E-state index is 5.92. The van der Waals surface area contributed by atoms with Gasteiger partial charge in [0.2, 0.25) is 0 Å². The second-order valence-electron chi connectivity index (χ2n) is 5.69. The normalized spacial score (nSPS) is 10.7. The summed E-state index contributed by atoms with van der Waals surface area (Å²) in [7, 11) is 3.26. The van der Waals surface area contributed by atoms with E-state index in [1.165, 1.54) is 5.56 Å². The van der Waals surface area contributed by atoms with Gasteiger partial charge in [-0.15, -0.1) is 24.0 Å². The first-order valence-electron chi connectivity index (χ1n) is 8.63. The summed E-state index contributed by atoms with van der Waals surface area (Å²) in [6.07, 6.45) is 0.901. The third-order valence-electron chi connectivity index (χ3n) is 3.83. The molecule has 0 aliphatic rings. The Kier molecular flexibility index (Phi) is 11.0. The first-order valence-corrected chi connectivity index (χ1v) is 9.01. The Labute approximate surface area is 183 Å². The molecule has 0 bridgehead atoms. The van der Waals surface area contributed by atoms with E-state index >= 15 is 0 Å². The number of hydrogen-bond acceptors (Lipinski definition) is 3. The van der Waals surface area contributed by atoms with E-state index in [2.05, 4.69) is 15.6 Å². The Morgan fingerprint density at radius 1 is 0.963 bits per heavy atom. The molecule has 0 fully saturated rings. The van der Waals surface area contributed by atoms with Crippen LogP contribution in [0.1, 0.15) is 18.1 Å². The molecular weight excluding hydrogens is 477 g/mol. The number of nitrogens with one attached hydrogen (secondary N) is 2. The number of methoxy groups -OCH3 is 2. The van der Waals surface area contributed by atoms with Gasteiger partial charge in [0.05, 0.1) is 20.8 Å². The smallest absolute Gasteiger partial charge is 0.191 e. The molecule has 5 nitrogen and oxygen atoms in total. The molecule has 2 rings (SSSR count). The Bertz CT molecular complexity index is 724. The highest BCUT2D eigenvalue weighted by molar-refractivity contribution is 14.0. The molecule has 2 N–H and O–H groups in total. The van der Waals surface area contributed by atoms with Gasteiger partial charge in [-0.25, -0.2) is 4.99 Å². The summed E-state index contributed by atoms with van der Waals surface area (Å²) in [6, 6.07) is 13.7. The summed E-state index contributed by atoms with van der Waals surface area (Å²) in [5.41, 5.74) is 2.29. The molecular formula is C20H27ClIN3O2. The number of hydrogen-bond donors (Lipinski definition) is 2. The lowest BCUT2D eigenvalue weighted by Crippen LogP contribution is -2.38. The standard InChI is InChI=1S/C20H26ClN3O2.HI/c1-4-22-20(23-12-11-15-5-8-17(21)9-6-15)24-14-16-7-10-18(25-2)19(13-16)26-3;/h5-10,13H,4,11-12,14H2,1-3H3,(H2,22,23,24);1H. The van der Waals surface area contributed by atoms with Crippen molar-refractivity contribution in [2.45, 2.75) is 19.9 Å². The number of aliphatic imine (C=N–C) groups is 1. The lowest BCUT2D eigenvalue weighted by molar-refractivity contribution is 0.354. The van der Waals surface area contributed by atoms with E-state index < -0.39 is 0 Å². The maximum Gasteiger partial charge on any atom is 0.191 e. The Balaban J connectivity index is 0.00000364. The highest BCUT2D eigenvalue weighted by Crippen LogP contribution is 2.27. The van der Waals surface area contributed by atoms with Crippen molar-refractivity contribution in [3.63, 3.8) is 0 Å². The molecule has 0 unspecified atom stereocenters. The zero-order chi connectivity index (χ0) is 18.8. The summed E-state index contributed by atoms with van der Waals surface area (Å²) in [5.74, 6) is 2.21. The Morgan fingerprint density at radius 3 is 2.26 bits per heavy atom. The first-order chi connectivity index (χ1) is 12.7. The van der Waals surface area contributed by atoms with Gasteiger partial charge >= 0.3 is 0 Å². The van der Waals surface area contributed by atoms with Gasteiger partial charge in [-0.1, -0.05) is 29.8 Å². The molecule has 0 saturated carbocycles. The maximum absolute atomic E-state index is 5.92. The predicted molar refractivity (Wildman–Crippen MR) is 123 cm³/mol. The molecule has 0 spiro atoms. The fraction of sp³-hybridized carbons (Fsp3) is 0.350. The average Bonchev–Trinajstić information content (AvgIpc) is 2.67. The monoisotopic (exact) mass is 503 g/mol. The fourth-order valence-corrected chi connectivity index (χ4v) is 2.59. The number of benzene rings is 2. The molecule has 0 aromatic heterocycles. The van der Waals surface area contributed by atoms with Crippen LogP contribution in [0.5, 0.6) is 11.5 Å². The van der Waals surface area contributed by atoms with Crippen LogP contribution in [0.3, 0.4) is 0 Å². The van der Waals surface area contributed by atoms with Gasteiger partial charge in [0.15, 0.2) is 17.5 Å². The Hall–Kier alpha value is -1.67. The summed E-state index contributed by atoms with van der Waals surface area (Å²) < 4.78 is 10.6. The van der Waals surface area contributed by atoms with Crippen LogP contribution in [0.4, 0.5) is 0 Å². The molecule has 2 aromatic carbocycles. The number of halogens is 2. The fourth-order valence-electron chi connectivity index (χ4n) is 2.47. The van der Waals surface area contributed by atoms with Gasteiger partial charge < -0.3 is 20.1 Å². The molecule has 0 amide bonds. The lowest BCUT2D eigenvalue weighted by Gasteiger charge is -2.12. The minimum absolute atomic E-state index is 0. The molecule has 0 atom stereocenters. The lowest BCUT2D eigenvalue weighted by atomic mass is 10.1. The van der Waals surface area contributed by atoms with Crippen LogP contribution < -0.4 is 20.1 Å². The van der Waals surface area contributed by atoms with Gasteiger partial charge in [-0.05, 0) is 48.7 Å². The van der Waals surface area contributed by atoms with Crippen LogP contribution in [0.2, 0.25) is 5.02 Å². The van der Waals surface area contributed by atoms with E-state index in [4.69, 9.17) is 21.1 Å². The van der Waals surface area contributed by atoms with Gasteiger partial charge in [-0.3, -0.25) is 0 Å². The van der Waals surface area contributed by atoms with Crippen molar-refractivity contribution >= 4 is 41.5 Å². The molecule has 7 heteroatoms. The predicted octanol–water partition coefficient (Wildman–Crippen LogP) is 4.27. The van der Waals surface area contributed by atoms with E-state index in [0.717, 1.165) is 36.1 Å². The molecule has 0 radical (unpaired) electrons. The number of nitrogens with zero attached hydrogens (tertiary/aromatic N) is 1. The molecule has 0 aliphatic carbocycles. The van der Waals surface area contributed by atoms with E-state index in [1.807, 2.05) is 49.4 Å². The van der Waals surface area contributed by atoms with Crippen LogP contribution in [0.15, 0.2) is 47.5 Å². The van der Waals surface area contributed by atoms with Crippen LogP contribution in [0, 0.1) is 0 Å². The summed E-state index contributed by atoms with van der Waals surface area (Å²) in [5, 5.41) is 7.37. The average molecular weight is 504 g/mol. The SMILES string of the molecule is CCNC(=NCc1ccc(OC)c(OC)c1)NCCc1ccc(Cl)cc1.I. The topological polar surface area (TPSA) is 54.9 Å². The molecule has 0 aliphatic heterocycles. The summed E-state index contributed by atoms with van der Waals surface area (Å²) in [4.78, 5) is 4.64. The number of guanidine groups is 1. The summed E-state index contributed by atoms with van der Waals surface area (Å²) >= 11 is 5.92. The van der Waals surface area contributed by atoms with Gasteiger partial charge in [0, 0.05) is 18.1 Å². The zero-order valence-electron chi connectivity index (χ0n) is 15.9. The molecule has 0 saturated heterocycles. The Morgan fingerprint density at radius 2 is 1.63 bits per heavy atom. The van der Waals surface area contributed by atoms with Gasteiger partial charge in [0.25, 0.3) is 0 Å². The van der Waals surface area contributed by atoms with Crippen molar-refractivity contribution in [1.29, 1.82) is 0 Å². The molecule has 148 valence electrons. The number of ether oxygens (including phenoxy) is 2. The third kappa shape index (κ3) is 7.84. The molecule has 0 heterocycles. The second kappa shape index (κ2) is 12.7. The minimum atomic E-state index is 0. The van der Waals surface area contributed by atoms with Crippen LogP contribution in [-0.2, 0) is 13.0 Å². The van der Waals surface area contributed by atoms with Crippen molar-refractivity contribution in [2.75, 3.05) is 27.3 Å². The van der Waals surface area contributed by atoms with Gasteiger partial charge in [0.1, 0.15) is 0 Å². The highest BCUT2D eigenvalue weighted by atomic mass is 127. The first kappa shape index (κ1) is 23.4. The van der Waals surface area contributed by atoms with E-state index in [1.54, 1.807) is 14.2 Å². The zero-order valence-corrected chi connectivity index (χ0v) is 19.0. The largest absolute Gasteiger partial charge is 0.493 e. The van der Waals surface area contributed by atoms with Crippen molar-refractivity contribution in [3.8, 4) is 11.5 Å².